The van der Waals surface area contributed by atoms with Crippen LogP contribution in [0.1, 0.15) is 23.1 Å². The van der Waals surface area contributed by atoms with E-state index >= 15 is 0 Å². The summed E-state index contributed by atoms with van der Waals surface area (Å²) in [6, 6.07) is 2.11. The van der Waals surface area contributed by atoms with E-state index in [0.717, 1.165) is 23.4 Å². The molecule has 5 heteroatoms. The van der Waals surface area contributed by atoms with Gasteiger partial charge in [0.15, 0.2) is 0 Å². The minimum Gasteiger partial charge on any atom is -0.467 e. The van der Waals surface area contributed by atoms with Crippen molar-refractivity contribution in [2.75, 3.05) is 7.05 Å². The summed E-state index contributed by atoms with van der Waals surface area (Å²) in [6.07, 6.45) is 4.41. The van der Waals surface area contributed by atoms with Crippen LogP contribution in [0.15, 0.2) is 22.9 Å². The fourth-order valence-corrected chi connectivity index (χ4v) is 1.77. The van der Waals surface area contributed by atoms with Gasteiger partial charge in [-0.1, -0.05) is 5.21 Å². The van der Waals surface area contributed by atoms with Crippen LogP contribution < -0.4 is 5.32 Å². The molecule has 0 saturated carbocycles. The lowest BCUT2D eigenvalue weighted by Crippen LogP contribution is -2.19. The zero-order chi connectivity index (χ0) is 11.5. The molecule has 1 unspecified atom stereocenters. The maximum Gasteiger partial charge on any atom is 0.123 e. The number of likely N-dealkylation sites (N-methyl/N-ethyl adjacent to an activating group) is 1. The Balaban J connectivity index is 2.15. The van der Waals surface area contributed by atoms with Crippen LogP contribution in [0, 0.1) is 6.92 Å². The van der Waals surface area contributed by atoms with E-state index in [1.807, 2.05) is 33.3 Å². The maximum absolute atomic E-state index is 5.48. The lowest BCUT2D eigenvalue weighted by Gasteiger charge is -2.12. The van der Waals surface area contributed by atoms with Crippen LogP contribution in [-0.2, 0) is 13.5 Å². The van der Waals surface area contributed by atoms with Crippen molar-refractivity contribution in [3.63, 3.8) is 0 Å². The van der Waals surface area contributed by atoms with E-state index in [1.54, 1.807) is 10.9 Å². The van der Waals surface area contributed by atoms with Crippen molar-refractivity contribution in [1.82, 2.24) is 20.3 Å². The second kappa shape index (κ2) is 4.49. The SMILES string of the molecule is CNC(Cc1cn(C)nn1)c1occc1C. The summed E-state index contributed by atoms with van der Waals surface area (Å²) in [5, 5.41) is 11.2. The average molecular weight is 220 g/mol. The number of hydrogen-bond donors (Lipinski definition) is 1. The van der Waals surface area contributed by atoms with Gasteiger partial charge in [0, 0.05) is 19.7 Å². The Hall–Kier alpha value is -1.62. The molecule has 0 aliphatic heterocycles. The van der Waals surface area contributed by atoms with Crippen LogP contribution in [0.4, 0.5) is 0 Å². The smallest absolute Gasteiger partial charge is 0.123 e. The molecular weight excluding hydrogens is 204 g/mol. The molecule has 0 aliphatic carbocycles. The lowest BCUT2D eigenvalue weighted by atomic mass is 10.1. The van der Waals surface area contributed by atoms with Gasteiger partial charge in [-0.15, -0.1) is 5.10 Å². The molecule has 16 heavy (non-hydrogen) atoms. The third kappa shape index (κ3) is 2.14. The molecule has 0 aliphatic rings. The highest BCUT2D eigenvalue weighted by Crippen LogP contribution is 2.21. The van der Waals surface area contributed by atoms with Gasteiger partial charge < -0.3 is 9.73 Å². The van der Waals surface area contributed by atoms with Gasteiger partial charge in [-0.3, -0.25) is 4.68 Å². The first-order valence-corrected chi connectivity index (χ1v) is 5.27. The number of aromatic nitrogens is 3. The first-order valence-electron chi connectivity index (χ1n) is 5.27. The summed E-state index contributed by atoms with van der Waals surface area (Å²) in [5.41, 5.74) is 2.11. The van der Waals surface area contributed by atoms with Gasteiger partial charge in [0.05, 0.1) is 18.0 Å². The summed E-state index contributed by atoms with van der Waals surface area (Å²) in [6.45, 7) is 2.04. The van der Waals surface area contributed by atoms with Crippen LogP contribution >= 0.6 is 0 Å². The van der Waals surface area contributed by atoms with Crippen molar-refractivity contribution in [3.8, 4) is 0 Å². The second-order valence-corrected chi connectivity index (χ2v) is 3.90. The van der Waals surface area contributed by atoms with Crippen LogP contribution in [0.3, 0.4) is 0 Å². The summed E-state index contributed by atoms with van der Waals surface area (Å²) < 4.78 is 7.18. The summed E-state index contributed by atoms with van der Waals surface area (Å²) in [7, 11) is 3.78. The summed E-state index contributed by atoms with van der Waals surface area (Å²) in [5.74, 6) is 0.966. The Morgan fingerprint density at radius 2 is 2.38 bits per heavy atom. The highest BCUT2D eigenvalue weighted by molar-refractivity contribution is 5.19. The highest BCUT2D eigenvalue weighted by Gasteiger charge is 2.17. The first kappa shape index (κ1) is 10.9. The molecule has 1 atom stereocenters. The summed E-state index contributed by atoms with van der Waals surface area (Å²) >= 11 is 0. The predicted octanol–water partition coefficient (Wildman–Crippen LogP) is 1.22. The van der Waals surface area contributed by atoms with Crippen molar-refractivity contribution in [2.45, 2.75) is 19.4 Å². The number of aryl methyl sites for hydroxylation is 2. The fraction of sp³-hybridized carbons (Fsp3) is 0.455. The molecule has 0 aromatic carbocycles. The van der Waals surface area contributed by atoms with Crippen LogP contribution in [0.2, 0.25) is 0 Å². The molecule has 0 amide bonds. The van der Waals surface area contributed by atoms with E-state index in [0.29, 0.717) is 0 Å². The molecule has 0 fully saturated rings. The minimum atomic E-state index is 0.145. The van der Waals surface area contributed by atoms with Gasteiger partial charge in [-0.2, -0.15) is 0 Å². The van der Waals surface area contributed by atoms with E-state index in [-0.39, 0.29) is 6.04 Å². The van der Waals surface area contributed by atoms with Crippen molar-refractivity contribution >= 4 is 0 Å². The molecule has 0 saturated heterocycles. The third-order valence-electron chi connectivity index (χ3n) is 2.63. The molecule has 2 rings (SSSR count). The van der Waals surface area contributed by atoms with Gasteiger partial charge in [0.1, 0.15) is 5.76 Å². The van der Waals surface area contributed by atoms with E-state index in [2.05, 4.69) is 15.6 Å². The molecular formula is C11H16N4O. The number of rotatable bonds is 4. The van der Waals surface area contributed by atoms with Gasteiger partial charge in [0.2, 0.25) is 0 Å². The fourth-order valence-electron chi connectivity index (χ4n) is 1.77. The minimum absolute atomic E-state index is 0.145. The normalized spacial score (nSPS) is 12.9. The molecule has 86 valence electrons. The quantitative estimate of drug-likeness (QED) is 0.841. The molecule has 1 N–H and O–H groups in total. The third-order valence-corrected chi connectivity index (χ3v) is 2.63. The zero-order valence-corrected chi connectivity index (χ0v) is 9.77. The van der Waals surface area contributed by atoms with E-state index in [1.165, 1.54) is 0 Å². The molecule has 0 bridgehead atoms. The standard InChI is InChI=1S/C11H16N4O/c1-8-4-5-16-11(8)10(12-2)6-9-7-15(3)14-13-9/h4-5,7,10,12H,6H2,1-3H3. The van der Waals surface area contributed by atoms with Crippen molar-refractivity contribution < 1.29 is 4.42 Å². The topological polar surface area (TPSA) is 55.9 Å². The van der Waals surface area contributed by atoms with Crippen molar-refractivity contribution in [2.24, 2.45) is 7.05 Å². The molecule has 0 radical (unpaired) electrons. The number of hydrogen-bond acceptors (Lipinski definition) is 4. The van der Waals surface area contributed by atoms with Crippen molar-refractivity contribution in [1.29, 1.82) is 0 Å². The Morgan fingerprint density at radius 1 is 1.56 bits per heavy atom. The monoisotopic (exact) mass is 220 g/mol. The second-order valence-electron chi connectivity index (χ2n) is 3.90. The number of nitrogens with zero attached hydrogens (tertiary/aromatic N) is 3. The first-order chi connectivity index (χ1) is 7.70. The van der Waals surface area contributed by atoms with Gasteiger partial charge >= 0.3 is 0 Å². The van der Waals surface area contributed by atoms with Crippen molar-refractivity contribution in [3.05, 3.63) is 35.5 Å². The highest BCUT2D eigenvalue weighted by atomic mass is 16.3. The zero-order valence-electron chi connectivity index (χ0n) is 9.77. The van der Waals surface area contributed by atoms with Gasteiger partial charge in [-0.25, -0.2) is 0 Å². The molecule has 0 spiro atoms. The Morgan fingerprint density at radius 3 is 2.88 bits per heavy atom. The Bertz CT molecular complexity index is 460. The largest absolute Gasteiger partial charge is 0.467 e. The Labute approximate surface area is 94.5 Å². The summed E-state index contributed by atoms with van der Waals surface area (Å²) in [4.78, 5) is 0. The molecule has 2 aromatic rings. The number of furan rings is 1. The van der Waals surface area contributed by atoms with Gasteiger partial charge in [0.25, 0.3) is 0 Å². The van der Waals surface area contributed by atoms with Gasteiger partial charge in [-0.05, 0) is 25.6 Å². The lowest BCUT2D eigenvalue weighted by molar-refractivity contribution is 0.424. The van der Waals surface area contributed by atoms with Crippen LogP contribution in [-0.4, -0.2) is 22.0 Å². The van der Waals surface area contributed by atoms with E-state index < -0.39 is 0 Å². The number of nitrogens with one attached hydrogen (secondary N) is 1. The molecule has 2 aromatic heterocycles. The molecule has 2 heterocycles. The average Bonchev–Trinajstić information content (AvgIpc) is 2.84. The maximum atomic E-state index is 5.48. The molecule has 5 nitrogen and oxygen atoms in total. The predicted molar refractivity (Wildman–Crippen MR) is 60.0 cm³/mol. The van der Waals surface area contributed by atoms with E-state index in [4.69, 9.17) is 4.42 Å². The van der Waals surface area contributed by atoms with Crippen LogP contribution in [0.25, 0.3) is 0 Å². The van der Waals surface area contributed by atoms with E-state index in [9.17, 15) is 0 Å². The van der Waals surface area contributed by atoms with Crippen LogP contribution in [0.5, 0.6) is 0 Å². The Kier molecular flexibility index (Phi) is 3.05.